The van der Waals surface area contributed by atoms with Crippen LogP contribution in [0.25, 0.3) is 0 Å². The number of aromatic amines is 1. The van der Waals surface area contributed by atoms with Crippen LogP contribution in [-0.4, -0.2) is 18.7 Å². The van der Waals surface area contributed by atoms with E-state index in [4.69, 9.17) is 4.74 Å². The lowest BCUT2D eigenvalue weighted by atomic mass is 10.1. The highest BCUT2D eigenvalue weighted by Gasteiger charge is 2.12. The Morgan fingerprint density at radius 3 is 2.56 bits per heavy atom. The van der Waals surface area contributed by atoms with Crippen molar-refractivity contribution in [1.29, 1.82) is 0 Å². The Labute approximate surface area is 106 Å². The predicted octanol–water partition coefficient (Wildman–Crippen LogP) is 3.26. The van der Waals surface area contributed by atoms with Gasteiger partial charge in [0.15, 0.2) is 0 Å². The molecular weight excluding hydrogens is 231 g/mol. The predicted molar refractivity (Wildman–Crippen MR) is 70.2 cm³/mol. The Balaban J connectivity index is 2.18. The van der Waals surface area contributed by atoms with Crippen LogP contribution in [0.5, 0.6) is 0 Å². The van der Waals surface area contributed by atoms with E-state index in [0.29, 0.717) is 6.61 Å². The van der Waals surface area contributed by atoms with Gasteiger partial charge in [-0.25, -0.2) is 4.39 Å². The van der Waals surface area contributed by atoms with Crippen LogP contribution in [0.3, 0.4) is 0 Å². The van der Waals surface area contributed by atoms with Crippen LogP contribution in [0.2, 0.25) is 0 Å². The minimum Gasteiger partial charge on any atom is -0.382 e. The first kappa shape index (κ1) is 12.6. The summed E-state index contributed by atoms with van der Waals surface area (Å²) >= 11 is 0. The van der Waals surface area contributed by atoms with Crippen molar-refractivity contribution in [2.75, 3.05) is 19.0 Å². The van der Waals surface area contributed by atoms with E-state index in [1.54, 1.807) is 19.2 Å². The molecule has 0 aliphatic carbocycles. The number of H-pyrrole nitrogens is 1. The van der Waals surface area contributed by atoms with Gasteiger partial charge >= 0.3 is 0 Å². The highest BCUT2D eigenvalue weighted by Crippen LogP contribution is 2.22. The molecule has 0 saturated heterocycles. The Hall–Kier alpha value is -1.81. The molecule has 4 heteroatoms. The highest BCUT2D eigenvalue weighted by atomic mass is 19.1. The summed E-state index contributed by atoms with van der Waals surface area (Å²) < 4.78 is 18.1. The first-order chi connectivity index (χ1) is 8.70. The molecule has 1 heterocycles. The smallest absolute Gasteiger partial charge is 0.123 e. The molecule has 0 aliphatic heterocycles. The zero-order valence-electron chi connectivity index (χ0n) is 10.5. The average molecular weight is 248 g/mol. The third-order valence-corrected chi connectivity index (χ3v) is 2.89. The van der Waals surface area contributed by atoms with Gasteiger partial charge in [0.1, 0.15) is 5.82 Å². The molecule has 1 aromatic heterocycles. The Kier molecular flexibility index (Phi) is 3.99. The summed E-state index contributed by atoms with van der Waals surface area (Å²) in [5, 5.41) is 3.39. The summed E-state index contributed by atoms with van der Waals surface area (Å²) in [5.74, 6) is -0.229. The number of hydrogen-bond donors (Lipinski definition) is 2. The van der Waals surface area contributed by atoms with E-state index in [0.717, 1.165) is 16.9 Å². The Morgan fingerprint density at radius 2 is 2.00 bits per heavy atom. The fraction of sp³-hybridized carbons (Fsp3) is 0.286. The van der Waals surface area contributed by atoms with Gasteiger partial charge in [0.05, 0.1) is 18.3 Å². The summed E-state index contributed by atoms with van der Waals surface area (Å²) in [6, 6.07) is 8.45. The van der Waals surface area contributed by atoms with Gasteiger partial charge in [-0.05, 0) is 30.7 Å². The van der Waals surface area contributed by atoms with Crippen LogP contribution in [-0.2, 0) is 4.74 Å². The molecule has 1 atom stereocenters. The third kappa shape index (κ3) is 2.90. The first-order valence-corrected chi connectivity index (χ1v) is 5.85. The normalized spacial score (nSPS) is 12.4. The van der Waals surface area contributed by atoms with E-state index in [1.165, 1.54) is 12.1 Å². The molecule has 0 fully saturated rings. The number of anilines is 1. The molecule has 96 valence electrons. The molecule has 1 aromatic carbocycles. The molecule has 0 bridgehead atoms. The SMILES string of the molecule is COC[C@@H](Nc1cc[nH]c1C)c1ccc(F)cc1. The summed E-state index contributed by atoms with van der Waals surface area (Å²) in [6.07, 6.45) is 1.88. The molecule has 0 spiro atoms. The number of ether oxygens (including phenoxy) is 1. The van der Waals surface area contributed by atoms with E-state index in [2.05, 4.69) is 10.3 Å². The number of benzene rings is 1. The molecule has 2 N–H and O–H groups in total. The minimum atomic E-state index is -0.229. The van der Waals surface area contributed by atoms with Crippen LogP contribution in [0, 0.1) is 12.7 Å². The number of halogens is 1. The largest absolute Gasteiger partial charge is 0.382 e. The molecule has 18 heavy (non-hydrogen) atoms. The van der Waals surface area contributed by atoms with Crippen molar-refractivity contribution in [2.45, 2.75) is 13.0 Å². The van der Waals surface area contributed by atoms with Gasteiger partial charge in [0.25, 0.3) is 0 Å². The molecule has 0 unspecified atom stereocenters. The second kappa shape index (κ2) is 5.69. The molecule has 3 nitrogen and oxygen atoms in total. The first-order valence-electron chi connectivity index (χ1n) is 5.85. The van der Waals surface area contributed by atoms with E-state index >= 15 is 0 Å². The molecular formula is C14H17FN2O. The lowest BCUT2D eigenvalue weighted by Gasteiger charge is -2.19. The lowest BCUT2D eigenvalue weighted by Crippen LogP contribution is -2.16. The summed E-state index contributed by atoms with van der Waals surface area (Å²) in [4.78, 5) is 3.11. The summed E-state index contributed by atoms with van der Waals surface area (Å²) in [6.45, 7) is 2.52. The van der Waals surface area contributed by atoms with Crippen molar-refractivity contribution in [3.63, 3.8) is 0 Å². The van der Waals surface area contributed by atoms with E-state index < -0.39 is 0 Å². The molecule has 0 aliphatic rings. The van der Waals surface area contributed by atoms with E-state index in [9.17, 15) is 4.39 Å². The second-order valence-electron chi connectivity index (χ2n) is 4.22. The number of aromatic nitrogens is 1. The number of rotatable bonds is 5. The maximum absolute atomic E-state index is 12.9. The maximum atomic E-state index is 12.9. The van der Waals surface area contributed by atoms with Gasteiger partial charge in [0, 0.05) is 19.0 Å². The topological polar surface area (TPSA) is 37.0 Å². The Bertz CT molecular complexity index is 493. The highest BCUT2D eigenvalue weighted by molar-refractivity contribution is 5.49. The maximum Gasteiger partial charge on any atom is 0.123 e. The lowest BCUT2D eigenvalue weighted by molar-refractivity contribution is 0.186. The average Bonchev–Trinajstić information content (AvgIpc) is 2.76. The fourth-order valence-electron chi connectivity index (χ4n) is 1.88. The van der Waals surface area contributed by atoms with Gasteiger partial charge in [0.2, 0.25) is 0 Å². The number of hydrogen-bond acceptors (Lipinski definition) is 2. The molecule has 0 radical (unpaired) electrons. The fourth-order valence-corrected chi connectivity index (χ4v) is 1.88. The van der Waals surface area contributed by atoms with Crippen LogP contribution in [0.15, 0.2) is 36.5 Å². The van der Waals surface area contributed by atoms with Gasteiger partial charge in [-0.2, -0.15) is 0 Å². The summed E-state index contributed by atoms with van der Waals surface area (Å²) in [5.41, 5.74) is 3.10. The number of aryl methyl sites for hydroxylation is 1. The van der Waals surface area contributed by atoms with E-state index in [1.807, 2.05) is 19.2 Å². The quantitative estimate of drug-likeness (QED) is 0.852. The van der Waals surface area contributed by atoms with Crippen molar-refractivity contribution in [2.24, 2.45) is 0 Å². The second-order valence-corrected chi connectivity index (χ2v) is 4.22. The summed E-state index contributed by atoms with van der Waals surface area (Å²) in [7, 11) is 1.65. The molecule has 2 rings (SSSR count). The van der Waals surface area contributed by atoms with Gasteiger partial charge in [-0.3, -0.25) is 0 Å². The van der Waals surface area contributed by atoms with E-state index in [-0.39, 0.29) is 11.9 Å². The number of methoxy groups -OCH3 is 1. The molecule has 0 amide bonds. The minimum absolute atomic E-state index is 0.00472. The Morgan fingerprint density at radius 1 is 1.28 bits per heavy atom. The van der Waals surface area contributed by atoms with Gasteiger partial charge in [-0.1, -0.05) is 12.1 Å². The van der Waals surface area contributed by atoms with Crippen molar-refractivity contribution in [1.82, 2.24) is 4.98 Å². The molecule has 2 aromatic rings. The van der Waals surface area contributed by atoms with Crippen LogP contribution in [0.1, 0.15) is 17.3 Å². The van der Waals surface area contributed by atoms with Gasteiger partial charge in [-0.15, -0.1) is 0 Å². The van der Waals surface area contributed by atoms with Crippen molar-refractivity contribution in [3.8, 4) is 0 Å². The van der Waals surface area contributed by atoms with Crippen LogP contribution < -0.4 is 5.32 Å². The zero-order valence-corrected chi connectivity index (χ0v) is 10.5. The zero-order chi connectivity index (χ0) is 13.0. The van der Waals surface area contributed by atoms with Crippen molar-refractivity contribution >= 4 is 5.69 Å². The number of nitrogens with one attached hydrogen (secondary N) is 2. The van der Waals surface area contributed by atoms with Gasteiger partial charge < -0.3 is 15.0 Å². The standard InChI is InChI=1S/C14H17FN2O/c1-10-13(7-8-16-10)17-14(9-18-2)11-3-5-12(15)6-4-11/h3-8,14,16-17H,9H2,1-2H3/t14-/m1/s1. The third-order valence-electron chi connectivity index (χ3n) is 2.89. The van der Waals surface area contributed by atoms with Crippen molar-refractivity contribution < 1.29 is 9.13 Å². The van der Waals surface area contributed by atoms with Crippen LogP contribution >= 0.6 is 0 Å². The molecule has 0 saturated carbocycles. The van der Waals surface area contributed by atoms with Crippen LogP contribution in [0.4, 0.5) is 10.1 Å². The monoisotopic (exact) mass is 248 g/mol. The van der Waals surface area contributed by atoms with Crippen molar-refractivity contribution in [3.05, 3.63) is 53.6 Å².